The van der Waals surface area contributed by atoms with E-state index in [1.165, 1.54) is 12.1 Å². The Bertz CT molecular complexity index is 710. The SMILES string of the molecule is O=c1ccn2[nH]c(-c3ccc(Br)o3)nc2c1. The summed E-state index contributed by atoms with van der Waals surface area (Å²) in [5.74, 6) is 1.19. The summed E-state index contributed by atoms with van der Waals surface area (Å²) in [4.78, 5) is 15.4. The Morgan fingerprint density at radius 1 is 1.38 bits per heavy atom. The van der Waals surface area contributed by atoms with Gasteiger partial charge in [-0.2, -0.15) is 0 Å². The lowest BCUT2D eigenvalue weighted by Gasteiger charge is -1.88. The molecule has 0 saturated carbocycles. The molecule has 0 aliphatic heterocycles. The lowest BCUT2D eigenvalue weighted by atomic mass is 10.4. The third-order valence-electron chi connectivity index (χ3n) is 2.17. The molecule has 5 nitrogen and oxygen atoms in total. The number of halogens is 1. The Balaban J connectivity index is 2.22. The summed E-state index contributed by atoms with van der Waals surface area (Å²) in [5.41, 5.74) is 0.494. The van der Waals surface area contributed by atoms with E-state index >= 15 is 0 Å². The lowest BCUT2D eigenvalue weighted by molar-refractivity contribution is 0.551. The van der Waals surface area contributed by atoms with Crippen molar-refractivity contribution in [1.82, 2.24) is 14.6 Å². The van der Waals surface area contributed by atoms with Gasteiger partial charge >= 0.3 is 0 Å². The molecule has 80 valence electrons. The average Bonchev–Trinajstić information content (AvgIpc) is 2.83. The van der Waals surface area contributed by atoms with Gasteiger partial charge in [-0.1, -0.05) is 0 Å². The number of pyridine rings is 1. The predicted molar refractivity (Wildman–Crippen MR) is 61.2 cm³/mol. The van der Waals surface area contributed by atoms with Gasteiger partial charge in [-0.3, -0.25) is 9.89 Å². The zero-order chi connectivity index (χ0) is 11.1. The minimum atomic E-state index is -0.0707. The van der Waals surface area contributed by atoms with Gasteiger partial charge in [-0.05, 0) is 28.1 Å². The average molecular weight is 280 g/mol. The summed E-state index contributed by atoms with van der Waals surface area (Å²) in [6.45, 7) is 0. The summed E-state index contributed by atoms with van der Waals surface area (Å²) >= 11 is 3.22. The molecule has 0 unspecified atom stereocenters. The first kappa shape index (κ1) is 9.41. The van der Waals surface area contributed by atoms with Crippen molar-refractivity contribution in [3.05, 3.63) is 45.4 Å². The second-order valence-corrected chi connectivity index (χ2v) is 4.05. The smallest absolute Gasteiger partial charge is 0.190 e. The monoisotopic (exact) mass is 279 g/mol. The first-order valence-electron chi connectivity index (χ1n) is 4.56. The van der Waals surface area contributed by atoms with E-state index < -0.39 is 0 Å². The topological polar surface area (TPSA) is 63.3 Å². The van der Waals surface area contributed by atoms with Crippen LogP contribution in [-0.2, 0) is 0 Å². The van der Waals surface area contributed by atoms with Crippen LogP contribution in [0.2, 0.25) is 0 Å². The van der Waals surface area contributed by atoms with Gasteiger partial charge in [0.1, 0.15) is 0 Å². The number of hydrogen-bond donors (Lipinski definition) is 1. The molecule has 3 heterocycles. The molecule has 0 saturated heterocycles. The molecule has 0 aliphatic rings. The van der Waals surface area contributed by atoms with E-state index in [9.17, 15) is 4.79 Å². The second kappa shape index (κ2) is 3.34. The first-order valence-corrected chi connectivity index (χ1v) is 5.36. The Kier molecular flexibility index (Phi) is 1.97. The van der Waals surface area contributed by atoms with Crippen LogP contribution in [0.1, 0.15) is 0 Å². The van der Waals surface area contributed by atoms with Crippen molar-refractivity contribution in [1.29, 1.82) is 0 Å². The maximum atomic E-state index is 11.1. The van der Waals surface area contributed by atoms with Crippen LogP contribution in [-0.4, -0.2) is 14.6 Å². The van der Waals surface area contributed by atoms with Crippen LogP contribution in [0.3, 0.4) is 0 Å². The number of furan rings is 1. The molecular weight excluding hydrogens is 274 g/mol. The zero-order valence-corrected chi connectivity index (χ0v) is 9.56. The van der Waals surface area contributed by atoms with Crippen LogP contribution in [0, 0.1) is 0 Å². The van der Waals surface area contributed by atoms with Gasteiger partial charge in [0, 0.05) is 18.3 Å². The van der Waals surface area contributed by atoms with E-state index in [0.717, 1.165) is 0 Å². The molecule has 0 aromatic carbocycles. The standard InChI is InChI=1S/C10H6BrN3O2/c11-8-2-1-7(16-8)10-12-9-5-6(15)3-4-14(9)13-10/h1-5H,(H,12,13). The van der Waals surface area contributed by atoms with Crippen molar-refractivity contribution in [2.75, 3.05) is 0 Å². The molecule has 0 spiro atoms. The van der Waals surface area contributed by atoms with Gasteiger partial charge in [-0.25, -0.2) is 9.50 Å². The minimum Gasteiger partial charge on any atom is -0.446 e. The zero-order valence-electron chi connectivity index (χ0n) is 7.98. The number of fused-ring (bicyclic) bond motifs is 1. The molecule has 6 heteroatoms. The van der Waals surface area contributed by atoms with Gasteiger partial charge in [-0.15, -0.1) is 0 Å². The van der Waals surface area contributed by atoms with Crippen LogP contribution in [0.4, 0.5) is 0 Å². The van der Waals surface area contributed by atoms with Crippen molar-refractivity contribution in [3.8, 4) is 11.6 Å². The largest absolute Gasteiger partial charge is 0.446 e. The molecule has 0 aliphatic carbocycles. The molecule has 1 N–H and O–H groups in total. The molecule has 3 rings (SSSR count). The Morgan fingerprint density at radius 3 is 3.00 bits per heavy atom. The summed E-state index contributed by atoms with van der Waals surface area (Å²) in [5, 5.41) is 3.00. The van der Waals surface area contributed by atoms with Crippen molar-refractivity contribution in [2.45, 2.75) is 0 Å². The molecule has 3 aromatic rings. The highest BCUT2D eigenvalue weighted by molar-refractivity contribution is 9.10. The van der Waals surface area contributed by atoms with E-state index in [1.54, 1.807) is 22.8 Å². The normalized spacial score (nSPS) is 11.1. The van der Waals surface area contributed by atoms with Crippen molar-refractivity contribution < 1.29 is 4.42 Å². The maximum Gasteiger partial charge on any atom is 0.190 e. The van der Waals surface area contributed by atoms with E-state index in [0.29, 0.717) is 21.9 Å². The molecule has 0 fully saturated rings. The lowest BCUT2D eigenvalue weighted by Crippen LogP contribution is -1.98. The fraction of sp³-hybridized carbons (Fsp3) is 0. The van der Waals surface area contributed by atoms with Gasteiger partial charge in [0.05, 0.1) is 0 Å². The highest BCUT2D eigenvalue weighted by Crippen LogP contribution is 2.22. The molecule has 0 atom stereocenters. The second-order valence-electron chi connectivity index (χ2n) is 3.27. The quantitative estimate of drug-likeness (QED) is 0.742. The van der Waals surface area contributed by atoms with Gasteiger partial charge < -0.3 is 4.42 Å². The molecular formula is C10H6BrN3O2. The number of nitrogens with one attached hydrogen (secondary N) is 1. The number of hydrogen-bond acceptors (Lipinski definition) is 3. The van der Waals surface area contributed by atoms with Gasteiger partial charge in [0.15, 0.2) is 27.3 Å². The third-order valence-corrected chi connectivity index (χ3v) is 2.59. The number of rotatable bonds is 1. The van der Waals surface area contributed by atoms with Crippen LogP contribution >= 0.6 is 15.9 Å². The van der Waals surface area contributed by atoms with E-state index in [1.807, 2.05) is 0 Å². The highest BCUT2D eigenvalue weighted by atomic mass is 79.9. The summed E-state index contributed by atoms with van der Waals surface area (Å²) < 4.78 is 7.66. The fourth-order valence-electron chi connectivity index (χ4n) is 1.46. The van der Waals surface area contributed by atoms with Gasteiger partial charge in [0.2, 0.25) is 0 Å². The molecule has 0 amide bonds. The third kappa shape index (κ3) is 1.47. The highest BCUT2D eigenvalue weighted by Gasteiger charge is 2.08. The molecule has 16 heavy (non-hydrogen) atoms. The Morgan fingerprint density at radius 2 is 2.25 bits per heavy atom. The number of nitrogens with zero attached hydrogens (tertiary/aromatic N) is 2. The molecule has 3 aromatic heterocycles. The predicted octanol–water partition coefficient (Wildman–Crippen LogP) is 2.05. The summed E-state index contributed by atoms with van der Waals surface area (Å²) in [6.07, 6.45) is 1.63. The van der Waals surface area contributed by atoms with E-state index in [-0.39, 0.29) is 5.43 Å². The van der Waals surface area contributed by atoms with Crippen molar-refractivity contribution >= 4 is 21.6 Å². The molecule has 0 radical (unpaired) electrons. The van der Waals surface area contributed by atoms with E-state index in [2.05, 4.69) is 26.0 Å². The van der Waals surface area contributed by atoms with Crippen LogP contribution in [0.15, 0.2) is 44.3 Å². The van der Waals surface area contributed by atoms with Crippen LogP contribution in [0.5, 0.6) is 0 Å². The fourth-order valence-corrected chi connectivity index (χ4v) is 1.76. The first-order chi connectivity index (χ1) is 7.72. The van der Waals surface area contributed by atoms with Crippen molar-refractivity contribution in [2.24, 2.45) is 0 Å². The summed E-state index contributed by atoms with van der Waals surface area (Å²) in [7, 11) is 0. The van der Waals surface area contributed by atoms with Crippen molar-refractivity contribution in [3.63, 3.8) is 0 Å². The molecule has 0 bridgehead atoms. The summed E-state index contributed by atoms with van der Waals surface area (Å²) in [6, 6.07) is 6.50. The number of H-pyrrole nitrogens is 1. The maximum absolute atomic E-state index is 11.1. The number of aromatic amines is 1. The number of aromatic nitrogens is 3. The van der Waals surface area contributed by atoms with Crippen LogP contribution < -0.4 is 5.43 Å². The van der Waals surface area contributed by atoms with Gasteiger partial charge in [0.25, 0.3) is 0 Å². The minimum absolute atomic E-state index is 0.0707. The van der Waals surface area contributed by atoms with Crippen LogP contribution in [0.25, 0.3) is 17.2 Å². The Hall–Kier alpha value is -1.82. The van der Waals surface area contributed by atoms with E-state index in [4.69, 9.17) is 4.42 Å². The Labute approximate surface area is 97.8 Å².